The first kappa shape index (κ1) is 21.8. The molecule has 0 saturated carbocycles. The zero-order valence-electron chi connectivity index (χ0n) is 16.5. The third-order valence-corrected chi connectivity index (χ3v) is 4.66. The molecule has 0 aliphatic heterocycles. The molecule has 28 heavy (non-hydrogen) atoms. The number of hydrogen-bond acceptors (Lipinski definition) is 4. The largest absolute Gasteiger partial charge is 0.476 e. The van der Waals surface area contributed by atoms with Crippen LogP contribution in [0.15, 0.2) is 42.7 Å². The fourth-order valence-corrected chi connectivity index (χ4v) is 3.10. The van der Waals surface area contributed by atoms with Gasteiger partial charge in [-0.25, -0.2) is 9.78 Å². The quantitative estimate of drug-likeness (QED) is 0.487. The molecule has 3 aromatic rings. The summed E-state index contributed by atoms with van der Waals surface area (Å²) in [5, 5.41) is 9.23. The number of aryl methyl sites for hydroxylation is 1. The van der Waals surface area contributed by atoms with Gasteiger partial charge >= 0.3 is 5.97 Å². The van der Waals surface area contributed by atoms with E-state index in [1.54, 1.807) is 10.8 Å². The number of aromatic carboxylic acids is 1. The van der Waals surface area contributed by atoms with Gasteiger partial charge in [-0.1, -0.05) is 19.9 Å². The first-order valence-corrected chi connectivity index (χ1v) is 8.64. The second-order valence-electron chi connectivity index (χ2n) is 7.26. The molecule has 0 aliphatic carbocycles. The van der Waals surface area contributed by atoms with Crippen LogP contribution in [-0.4, -0.2) is 39.7 Å². The summed E-state index contributed by atoms with van der Waals surface area (Å²) in [6, 6.07) is 13.3. The summed E-state index contributed by atoms with van der Waals surface area (Å²) in [5.74, 6) is -0.363. The van der Waals surface area contributed by atoms with Crippen molar-refractivity contribution < 1.29 is 31.0 Å². The molecule has 1 aromatic carbocycles. The Morgan fingerprint density at radius 2 is 1.96 bits per heavy atom. The number of nitrogens with zero attached hydrogens (tertiary/aromatic N) is 4. The van der Waals surface area contributed by atoms with Crippen molar-refractivity contribution in [3.63, 3.8) is 0 Å². The van der Waals surface area contributed by atoms with E-state index < -0.39 is 11.4 Å². The maximum atomic E-state index is 11.3. The summed E-state index contributed by atoms with van der Waals surface area (Å²) in [7, 11) is 5.79. The molecule has 0 radical (unpaired) electrons. The van der Waals surface area contributed by atoms with E-state index in [1.807, 2.05) is 70.2 Å². The topological polar surface area (TPSA) is 71.2 Å². The first-order valence-electron chi connectivity index (χ1n) is 8.64. The SMILES string of the molecule is CN(C)c1ccnc(-c2[c-]c(C(C)(C)c3nc(C(=O)O)cn3C)ccc2)c1.[Pt]. The molecule has 150 valence electrons. The molecule has 7 heteroatoms. The molecule has 0 atom stereocenters. The minimum absolute atomic E-state index is 0. The molecule has 2 heterocycles. The maximum absolute atomic E-state index is 11.3. The Balaban J connectivity index is 0.00000280. The Labute approximate surface area is 179 Å². The fourth-order valence-electron chi connectivity index (χ4n) is 3.10. The molecule has 3 rings (SSSR count). The molecule has 0 saturated heterocycles. The van der Waals surface area contributed by atoms with Gasteiger partial charge < -0.3 is 19.6 Å². The monoisotopic (exact) mass is 558 g/mol. The summed E-state index contributed by atoms with van der Waals surface area (Å²) in [6.07, 6.45) is 3.32. The molecule has 6 nitrogen and oxygen atoms in total. The average molecular weight is 559 g/mol. The van der Waals surface area contributed by atoms with E-state index >= 15 is 0 Å². The molecule has 1 N–H and O–H groups in total. The van der Waals surface area contributed by atoms with Gasteiger partial charge in [0.25, 0.3) is 0 Å². The number of anilines is 1. The molecule has 0 fully saturated rings. The predicted octanol–water partition coefficient (Wildman–Crippen LogP) is 3.37. The molecule has 0 bridgehead atoms. The zero-order chi connectivity index (χ0) is 19.8. The summed E-state index contributed by atoms with van der Waals surface area (Å²) in [4.78, 5) is 22.1. The predicted molar refractivity (Wildman–Crippen MR) is 105 cm³/mol. The van der Waals surface area contributed by atoms with E-state index in [0.717, 1.165) is 22.5 Å². The van der Waals surface area contributed by atoms with E-state index in [-0.39, 0.29) is 26.8 Å². The number of hydrogen-bond donors (Lipinski definition) is 1. The number of aromatic nitrogens is 3. The van der Waals surface area contributed by atoms with Gasteiger partial charge in [0.15, 0.2) is 5.69 Å². The molecular weight excluding hydrogens is 535 g/mol. The molecule has 0 unspecified atom stereocenters. The third kappa shape index (κ3) is 4.17. The summed E-state index contributed by atoms with van der Waals surface area (Å²) in [6.45, 7) is 4.03. The van der Waals surface area contributed by atoms with Crippen LogP contribution in [-0.2, 0) is 33.5 Å². The van der Waals surface area contributed by atoms with E-state index in [1.165, 1.54) is 6.20 Å². The second-order valence-corrected chi connectivity index (χ2v) is 7.26. The van der Waals surface area contributed by atoms with Crippen molar-refractivity contribution in [3.05, 3.63) is 65.9 Å². The number of benzene rings is 1. The van der Waals surface area contributed by atoms with E-state index in [9.17, 15) is 9.90 Å². The summed E-state index contributed by atoms with van der Waals surface area (Å²) < 4.78 is 1.76. The van der Waals surface area contributed by atoms with Crippen molar-refractivity contribution in [1.29, 1.82) is 0 Å². The average Bonchev–Trinajstić information content (AvgIpc) is 3.05. The van der Waals surface area contributed by atoms with E-state index in [4.69, 9.17) is 0 Å². The number of rotatable bonds is 5. The maximum Gasteiger partial charge on any atom is 0.356 e. The third-order valence-electron chi connectivity index (χ3n) is 4.66. The van der Waals surface area contributed by atoms with Crippen LogP contribution in [0.5, 0.6) is 0 Å². The molecular formula is C21H23N4O2Pt-. The Morgan fingerprint density at radius 3 is 2.57 bits per heavy atom. The number of carboxylic acid groups (broad SMARTS) is 1. The van der Waals surface area contributed by atoms with Crippen molar-refractivity contribution in [1.82, 2.24) is 14.5 Å². The van der Waals surface area contributed by atoms with Crippen LogP contribution in [0, 0.1) is 6.07 Å². The van der Waals surface area contributed by atoms with Gasteiger partial charge in [0.2, 0.25) is 0 Å². The van der Waals surface area contributed by atoms with Crippen molar-refractivity contribution in [2.45, 2.75) is 19.3 Å². The molecule has 2 aromatic heterocycles. The van der Waals surface area contributed by atoms with Crippen LogP contribution >= 0.6 is 0 Å². The number of carboxylic acids is 1. The van der Waals surface area contributed by atoms with Crippen LogP contribution in [0.1, 0.15) is 35.7 Å². The van der Waals surface area contributed by atoms with Gasteiger partial charge in [-0.2, -0.15) is 0 Å². The minimum Gasteiger partial charge on any atom is -0.476 e. The Hall–Kier alpha value is -2.46. The van der Waals surface area contributed by atoms with Crippen LogP contribution in [0.3, 0.4) is 0 Å². The van der Waals surface area contributed by atoms with Gasteiger partial charge in [-0.05, 0) is 11.8 Å². The Kier molecular flexibility index (Phi) is 6.45. The van der Waals surface area contributed by atoms with Crippen LogP contribution < -0.4 is 4.90 Å². The van der Waals surface area contributed by atoms with Crippen molar-refractivity contribution in [2.24, 2.45) is 7.05 Å². The van der Waals surface area contributed by atoms with Crippen LogP contribution in [0.2, 0.25) is 0 Å². The molecule has 0 spiro atoms. The van der Waals surface area contributed by atoms with Gasteiger partial charge in [0, 0.05) is 65.7 Å². The number of pyridine rings is 1. The second kappa shape index (κ2) is 8.27. The summed E-state index contributed by atoms with van der Waals surface area (Å²) >= 11 is 0. The zero-order valence-corrected chi connectivity index (χ0v) is 18.8. The van der Waals surface area contributed by atoms with Gasteiger partial charge in [-0.15, -0.1) is 35.4 Å². The number of imidazole rings is 1. The van der Waals surface area contributed by atoms with Gasteiger partial charge in [0.05, 0.1) is 0 Å². The Morgan fingerprint density at radius 1 is 1.25 bits per heavy atom. The standard InChI is InChI=1S/C21H23N4O2.Pt/c1-21(2,20-23-18(19(26)27)13-25(20)5)15-8-6-7-14(11-15)17-12-16(24(3)4)9-10-22-17;/h6-10,12-13H,1-5H3,(H,26,27);/q-1;. The van der Waals surface area contributed by atoms with Crippen molar-refractivity contribution in [3.8, 4) is 11.3 Å². The smallest absolute Gasteiger partial charge is 0.356 e. The van der Waals surface area contributed by atoms with E-state index in [0.29, 0.717) is 5.82 Å². The summed E-state index contributed by atoms with van der Waals surface area (Å²) in [5.41, 5.74) is 3.23. The van der Waals surface area contributed by atoms with Crippen molar-refractivity contribution >= 4 is 11.7 Å². The molecule has 0 amide bonds. The van der Waals surface area contributed by atoms with Gasteiger partial charge in [-0.3, -0.25) is 0 Å². The van der Waals surface area contributed by atoms with Gasteiger partial charge in [0.1, 0.15) is 5.82 Å². The van der Waals surface area contributed by atoms with Crippen molar-refractivity contribution in [2.75, 3.05) is 19.0 Å². The minimum atomic E-state index is -1.03. The van der Waals surface area contributed by atoms with E-state index in [2.05, 4.69) is 16.0 Å². The molecule has 0 aliphatic rings. The Bertz CT molecular complexity index is 996. The number of carbonyl (C=O) groups is 1. The van der Waals surface area contributed by atoms with Crippen LogP contribution in [0.25, 0.3) is 11.3 Å². The first-order chi connectivity index (χ1) is 12.7. The fraction of sp³-hybridized carbons (Fsp3) is 0.286. The van der Waals surface area contributed by atoms with Crippen LogP contribution in [0.4, 0.5) is 5.69 Å². The normalized spacial score (nSPS) is 11.0.